The van der Waals surface area contributed by atoms with Crippen molar-refractivity contribution in [1.82, 2.24) is 4.90 Å². The van der Waals surface area contributed by atoms with Gasteiger partial charge in [-0.25, -0.2) is 0 Å². The maximum absolute atomic E-state index is 9.26. The number of aliphatic hydroxyl groups is 2. The molecular weight excluding hydrogens is 156 g/mol. The average molecular weight is 176 g/mol. The highest BCUT2D eigenvalue weighted by molar-refractivity contribution is 4.67. The van der Waals surface area contributed by atoms with Gasteiger partial charge in [0.25, 0.3) is 0 Å². The van der Waals surface area contributed by atoms with Gasteiger partial charge in [0.05, 0.1) is 12.7 Å². The molecule has 4 heteroatoms. The molecule has 74 valence electrons. The van der Waals surface area contributed by atoms with Gasteiger partial charge in [-0.15, -0.1) is 0 Å². The summed E-state index contributed by atoms with van der Waals surface area (Å²) in [6, 6.07) is 0.332. The van der Waals surface area contributed by atoms with Crippen LogP contribution in [0.2, 0.25) is 0 Å². The molecular formula is C8H20N2O2. The van der Waals surface area contributed by atoms with E-state index >= 15 is 0 Å². The van der Waals surface area contributed by atoms with Crippen molar-refractivity contribution in [3.8, 4) is 0 Å². The Kier molecular flexibility index (Phi) is 6.28. The van der Waals surface area contributed by atoms with Crippen LogP contribution in [0.4, 0.5) is 0 Å². The Hall–Kier alpha value is -0.160. The highest BCUT2D eigenvalue weighted by Gasteiger charge is 2.12. The minimum atomic E-state index is -0.487. The summed E-state index contributed by atoms with van der Waals surface area (Å²) in [6.45, 7) is 5.57. The second kappa shape index (κ2) is 6.37. The van der Waals surface area contributed by atoms with Crippen LogP contribution in [0.5, 0.6) is 0 Å². The van der Waals surface area contributed by atoms with Gasteiger partial charge < -0.3 is 15.9 Å². The van der Waals surface area contributed by atoms with Crippen molar-refractivity contribution >= 4 is 0 Å². The summed E-state index contributed by atoms with van der Waals surface area (Å²) in [7, 11) is 0. The molecule has 0 aromatic rings. The van der Waals surface area contributed by atoms with Crippen LogP contribution in [0, 0.1) is 0 Å². The van der Waals surface area contributed by atoms with E-state index in [1.165, 1.54) is 0 Å². The van der Waals surface area contributed by atoms with Crippen molar-refractivity contribution in [2.24, 2.45) is 5.73 Å². The van der Waals surface area contributed by atoms with Gasteiger partial charge in [-0.05, 0) is 13.8 Å². The molecule has 0 saturated heterocycles. The monoisotopic (exact) mass is 176 g/mol. The predicted molar refractivity (Wildman–Crippen MR) is 48.9 cm³/mol. The minimum absolute atomic E-state index is 0.121. The van der Waals surface area contributed by atoms with Gasteiger partial charge in [-0.3, -0.25) is 4.90 Å². The summed E-state index contributed by atoms with van der Waals surface area (Å²) in [6.07, 6.45) is -0.487. The molecule has 0 aliphatic carbocycles. The van der Waals surface area contributed by atoms with E-state index in [0.717, 1.165) is 0 Å². The molecule has 0 aromatic heterocycles. The van der Waals surface area contributed by atoms with Gasteiger partial charge in [0.1, 0.15) is 0 Å². The zero-order chi connectivity index (χ0) is 9.56. The van der Waals surface area contributed by atoms with E-state index < -0.39 is 6.10 Å². The number of nitrogens with two attached hydrogens (primary N) is 1. The van der Waals surface area contributed by atoms with Crippen LogP contribution in [-0.2, 0) is 0 Å². The summed E-state index contributed by atoms with van der Waals surface area (Å²) in [5.74, 6) is 0. The fraction of sp³-hybridized carbons (Fsp3) is 1.00. The van der Waals surface area contributed by atoms with Crippen LogP contribution in [0.3, 0.4) is 0 Å². The topological polar surface area (TPSA) is 69.7 Å². The molecule has 0 rings (SSSR count). The average Bonchev–Trinajstić information content (AvgIpc) is 2.03. The normalized spacial score (nSPS) is 14.2. The van der Waals surface area contributed by atoms with E-state index in [0.29, 0.717) is 19.1 Å². The summed E-state index contributed by atoms with van der Waals surface area (Å²) < 4.78 is 0. The second-order valence-electron chi connectivity index (χ2n) is 3.20. The molecule has 0 aliphatic heterocycles. The Bertz CT molecular complexity index is 109. The van der Waals surface area contributed by atoms with Crippen molar-refractivity contribution in [2.75, 3.05) is 26.2 Å². The summed E-state index contributed by atoms with van der Waals surface area (Å²) in [5.41, 5.74) is 5.28. The molecule has 0 bridgehead atoms. The molecule has 0 aromatic carbocycles. The van der Waals surface area contributed by atoms with Crippen molar-refractivity contribution in [3.63, 3.8) is 0 Å². The first-order valence-corrected chi connectivity index (χ1v) is 4.34. The molecule has 0 fully saturated rings. The molecule has 1 unspecified atom stereocenters. The third-order valence-electron chi connectivity index (χ3n) is 1.83. The highest BCUT2D eigenvalue weighted by atomic mass is 16.3. The molecule has 0 aliphatic rings. The van der Waals surface area contributed by atoms with Crippen LogP contribution in [0.15, 0.2) is 0 Å². The third kappa shape index (κ3) is 4.66. The first-order valence-electron chi connectivity index (χ1n) is 4.34. The zero-order valence-electron chi connectivity index (χ0n) is 7.90. The summed E-state index contributed by atoms with van der Waals surface area (Å²) >= 11 is 0. The van der Waals surface area contributed by atoms with Crippen molar-refractivity contribution in [2.45, 2.75) is 26.0 Å². The Morgan fingerprint density at radius 3 is 2.33 bits per heavy atom. The lowest BCUT2D eigenvalue weighted by Crippen LogP contribution is -2.41. The number of nitrogens with zero attached hydrogens (tertiary/aromatic N) is 1. The van der Waals surface area contributed by atoms with Crippen LogP contribution in [-0.4, -0.2) is 53.5 Å². The Balaban J connectivity index is 3.77. The van der Waals surface area contributed by atoms with Gasteiger partial charge in [0.15, 0.2) is 0 Å². The van der Waals surface area contributed by atoms with Gasteiger partial charge in [-0.1, -0.05) is 0 Å². The number of rotatable bonds is 6. The molecule has 4 nitrogen and oxygen atoms in total. The predicted octanol–water partition coefficient (Wildman–Crippen LogP) is -0.991. The van der Waals surface area contributed by atoms with Gasteiger partial charge in [0.2, 0.25) is 0 Å². The van der Waals surface area contributed by atoms with E-state index in [4.69, 9.17) is 10.8 Å². The largest absolute Gasteiger partial charge is 0.395 e. The molecule has 4 N–H and O–H groups in total. The maximum atomic E-state index is 9.26. The SMILES string of the molecule is CC(C)N(CCO)CC(O)CN. The lowest BCUT2D eigenvalue weighted by atomic mass is 10.2. The standard InChI is InChI=1S/C8H20N2O2/c1-7(2)10(3-4-11)6-8(12)5-9/h7-8,11-12H,3-6,9H2,1-2H3. The van der Waals surface area contributed by atoms with Crippen LogP contribution >= 0.6 is 0 Å². The molecule has 0 saturated carbocycles. The van der Waals surface area contributed by atoms with E-state index in [1.54, 1.807) is 0 Å². The van der Waals surface area contributed by atoms with Crippen LogP contribution in [0.25, 0.3) is 0 Å². The smallest absolute Gasteiger partial charge is 0.0789 e. The van der Waals surface area contributed by atoms with Crippen LogP contribution < -0.4 is 5.73 Å². The number of aliphatic hydroxyl groups excluding tert-OH is 2. The molecule has 0 amide bonds. The van der Waals surface area contributed by atoms with Crippen molar-refractivity contribution < 1.29 is 10.2 Å². The van der Waals surface area contributed by atoms with Crippen molar-refractivity contribution in [1.29, 1.82) is 0 Å². The first kappa shape index (κ1) is 11.8. The van der Waals surface area contributed by atoms with E-state index in [9.17, 15) is 5.11 Å². The maximum Gasteiger partial charge on any atom is 0.0789 e. The second-order valence-corrected chi connectivity index (χ2v) is 3.20. The van der Waals surface area contributed by atoms with Gasteiger partial charge in [-0.2, -0.15) is 0 Å². The first-order chi connectivity index (χ1) is 5.61. The Morgan fingerprint density at radius 2 is 2.00 bits per heavy atom. The fourth-order valence-corrected chi connectivity index (χ4v) is 1.03. The fourth-order valence-electron chi connectivity index (χ4n) is 1.03. The van der Waals surface area contributed by atoms with Gasteiger partial charge in [0, 0.05) is 25.7 Å². The number of hydrogen-bond acceptors (Lipinski definition) is 4. The van der Waals surface area contributed by atoms with Crippen LogP contribution in [0.1, 0.15) is 13.8 Å². The minimum Gasteiger partial charge on any atom is -0.395 e. The highest BCUT2D eigenvalue weighted by Crippen LogP contribution is 1.98. The Labute approximate surface area is 74.0 Å². The Morgan fingerprint density at radius 1 is 1.42 bits per heavy atom. The number of hydrogen-bond donors (Lipinski definition) is 3. The lowest BCUT2D eigenvalue weighted by molar-refractivity contribution is 0.0866. The van der Waals surface area contributed by atoms with E-state index in [2.05, 4.69) is 0 Å². The zero-order valence-corrected chi connectivity index (χ0v) is 7.90. The third-order valence-corrected chi connectivity index (χ3v) is 1.83. The molecule has 1 atom stereocenters. The molecule has 0 spiro atoms. The summed E-state index contributed by atoms with van der Waals surface area (Å²) in [4.78, 5) is 2.00. The molecule has 0 heterocycles. The molecule has 0 radical (unpaired) electrons. The lowest BCUT2D eigenvalue weighted by Gasteiger charge is -2.27. The molecule has 12 heavy (non-hydrogen) atoms. The van der Waals surface area contributed by atoms with Gasteiger partial charge >= 0.3 is 0 Å². The van der Waals surface area contributed by atoms with E-state index in [-0.39, 0.29) is 13.2 Å². The summed E-state index contributed by atoms with van der Waals surface area (Å²) in [5, 5.41) is 18.0. The quantitative estimate of drug-likeness (QED) is 0.486. The van der Waals surface area contributed by atoms with Crippen molar-refractivity contribution in [3.05, 3.63) is 0 Å². The van der Waals surface area contributed by atoms with E-state index in [1.807, 2.05) is 18.7 Å².